The minimum Gasteiger partial charge on any atom is -0.356 e. The standard InChI is InChI=1S/C14H26N2O2S/c1-10(2)12(11(3)4)9-15-13(17)5-6-16-7-8-19-14(16)18/h10-12H,5-9H2,1-4H3,(H,15,17). The normalized spacial score (nSPS) is 15.9. The average molecular weight is 286 g/mol. The summed E-state index contributed by atoms with van der Waals surface area (Å²) in [6, 6.07) is 0. The number of amides is 2. The summed E-state index contributed by atoms with van der Waals surface area (Å²) >= 11 is 1.34. The second kappa shape index (κ2) is 7.78. The van der Waals surface area contributed by atoms with E-state index in [0.29, 0.717) is 30.7 Å². The van der Waals surface area contributed by atoms with Gasteiger partial charge in [0.1, 0.15) is 0 Å². The second-order valence-corrected chi connectivity index (χ2v) is 6.85. The molecule has 1 heterocycles. The van der Waals surface area contributed by atoms with Crippen molar-refractivity contribution in [2.75, 3.05) is 25.4 Å². The van der Waals surface area contributed by atoms with Gasteiger partial charge in [-0.3, -0.25) is 9.59 Å². The van der Waals surface area contributed by atoms with Gasteiger partial charge in [0.05, 0.1) is 0 Å². The highest BCUT2D eigenvalue weighted by Gasteiger charge is 2.22. The Balaban J connectivity index is 2.25. The van der Waals surface area contributed by atoms with Gasteiger partial charge in [-0.25, -0.2) is 0 Å². The fourth-order valence-electron chi connectivity index (χ4n) is 2.43. The van der Waals surface area contributed by atoms with E-state index < -0.39 is 0 Å². The Morgan fingerprint density at radius 3 is 2.42 bits per heavy atom. The number of nitrogens with zero attached hydrogens (tertiary/aromatic N) is 1. The molecule has 1 aliphatic rings. The van der Waals surface area contributed by atoms with Gasteiger partial charge < -0.3 is 10.2 Å². The Bertz CT molecular complexity index is 311. The van der Waals surface area contributed by atoms with E-state index in [2.05, 4.69) is 33.0 Å². The highest BCUT2D eigenvalue weighted by atomic mass is 32.2. The van der Waals surface area contributed by atoms with Crippen molar-refractivity contribution in [3.8, 4) is 0 Å². The molecule has 0 radical (unpaired) electrons. The molecule has 0 aromatic rings. The van der Waals surface area contributed by atoms with Crippen LogP contribution in [0, 0.1) is 17.8 Å². The third kappa shape index (κ3) is 5.43. The number of rotatable bonds is 7. The molecule has 0 aliphatic carbocycles. The van der Waals surface area contributed by atoms with Crippen molar-refractivity contribution in [3.63, 3.8) is 0 Å². The van der Waals surface area contributed by atoms with Crippen LogP contribution < -0.4 is 5.32 Å². The first-order valence-electron chi connectivity index (χ1n) is 7.10. The summed E-state index contributed by atoms with van der Waals surface area (Å²) in [4.78, 5) is 24.9. The molecular weight excluding hydrogens is 260 g/mol. The summed E-state index contributed by atoms with van der Waals surface area (Å²) in [6.07, 6.45) is 0.412. The Kier molecular flexibility index (Phi) is 6.69. The van der Waals surface area contributed by atoms with Crippen LogP contribution in [0.15, 0.2) is 0 Å². The number of thioether (sulfide) groups is 1. The highest BCUT2D eigenvalue weighted by molar-refractivity contribution is 8.13. The minimum atomic E-state index is 0.0519. The molecule has 0 unspecified atom stereocenters. The number of hydrogen-bond donors (Lipinski definition) is 1. The first-order valence-corrected chi connectivity index (χ1v) is 8.08. The Hall–Kier alpha value is -0.710. The molecule has 0 atom stereocenters. The minimum absolute atomic E-state index is 0.0519. The summed E-state index contributed by atoms with van der Waals surface area (Å²) in [5.74, 6) is 2.54. The van der Waals surface area contributed by atoms with Crippen LogP contribution in [-0.4, -0.2) is 41.4 Å². The first-order chi connectivity index (χ1) is 8.91. The van der Waals surface area contributed by atoms with Crippen molar-refractivity contribution in [1.82, 2.24) is 10.2 Å². The zero-order chi connectivity index (χ0) is 14.4. The largest absolute Gasteiger partial charge is 0.356 e. The lowest BCUT2D eigenvalue weighted by molar-refractivity contribution is -0.121. The van der Waals surface area contributed by atoms with E-state index in [1.54, 1.807) is 4.90 Å². The van der Waals surface area contributed by atoms with Gasteiger partial charge in [-0.2, -0.15) is 0 Å². The number of carbonyl (C=O) groups is 2. The molecule has 0 aromatic carbocycles. The summed E-state index contributed by atoms with van der Waals surface area (Å²) in [5, 5.41) is 3.11. The molecule has 0 spiro atoms. The maximum absolute atomic E-state index is 11.8. The molecule has 0 saturated carbocycles. The van der Waals surface area contributed by atoms with Gasteiger partial charge in [0, 0.05) is 31.8 Å². The van der Waals surface area contributed by atoms with Crippen molar-refractivity contribution in [2.24, 2.45) is 17.8 Å². The molecule has 1 N–H and O–H groups in total. The van der Waals surface area contributed by atoms with Crippen molar-refractivity contribution >= 4 is 22.9 Å². The fraction of sp³-hybridized carbons (Fsp3) is 0.857. The third-order valence-corrected chi connectivity index (χ3v) is 4.59. The van der Waals surface area contributed by atoms with E-state index in [4.69, 9.17) is 0 Å². The monoisotopic (exact) mass is 286 g/mol. The molecule has 110 valence electrons. The van der Waals surface area contributed by atoms with Crippen LogP contribution in [0.25, 0.3) is 0 Å². The van der Waals surface area contributed by atoms with Crippen LogP contribution in [0.3, 0.4) is 0 Å². The van der Waals surface area contributed by atoms with Crippen molar-refractivity contribution in [2.45, 2.75) is 34.1 Å². The number of carbonyl (C=O) groups excluding carboxylic acids is 2. The number of nitrogens with one attached hydrogen (secondary N) is 1. The highest BCUT2D eigenvalue weighted by Crippen LogP contribution is 2.19. The van der Waals surface area contributed by atoms with Gasteiger partial charge in [-0.05, 0) is 17.8 Å². The molecule has 1 saturated heterocycles. The van der Waals surface area contributed by atoms with Crippen LogP contribution in [0.1, 0.15) is 34.1 Å². The quantitative estimate of drug-likeness (QED) is 0.782. The molecule has 1 aliphatic heterocycles. The predicted octanol–water partition coefficient (Wildman–Crippen LogP) is 2.59. The molecule has 1 fully saturated rings. The van der Waals surface area contributed by atoms with Crippen molar-refractivity contribution in [1.29, 1.82) is 0 Å². The van der Waals surface area contributed by atoms with Crippen LogP contribution in [0.4, 0.5) is 4.79 Å². The average Bonchev–Trinajstić information content (AvgIpc) is 2.71. The van der Waals surface area contributed by atoms with E-state index in [9.17, 15) is 9.59 Å². The summed E-state index contributed by atoms with van der Waals surface area (Å²) < 4.78 is 0. The van der Waals surface area contributed by atoms with Crippen molar-refractivity contribution in [3.05, 3.63) is 0 Å². The van der Waals surface area contributed by atoms with Gasteiger partial charge in [0.2, 0.25) is 5.91 Å². The lowest BCUT2D eigenvalue weighted by Crippen LogP contribution is -2.36. The summed E-state index contributed by atoms with van der Waals surface area (Å²) in [7, 11) is 0. The van der Waals surface area contributed by atoms with Crippen molar-refractivity contribution < 1.29 is 9.59 Å². The molecule has 19 heavy (non-hydrogen) atoms. The van der Waals surface area contributed by atoms with Gasteiger partial charge in [0.25, 0.3) is 5.24 Å². The zero-order valence-corrected chi connectivity index (χ0v) is 13.3. The van der Waals surface area contributed by atoms with Gasteiger partial charge in [-0.1, -0.05) is 39.5 Å². The van der Waals surface area contributed by atoms with Crippen LogP contribution >= 0.6 is 11.8 Å². The Morgan fingerprint density at radius 2 is 1.95 bits per heavy atom. The summed E-state index contributed by atoms with van der Waals surface area (Å²) in [5.41, 5.74) is 0. The SMILES string of the molecule is CC(C)C(CNC(=O)CCN1CCSC1=O)C(C)C. The second-order valence-electron chi connectivity index (χ2n) is 5.81. The van der Waals surface area contributed by atoms with E-state index in [1.807, 2.05) is 0 Å². The molecule has 2 amide bonds. The first kappa shape index (κ1) is 16.3. The van der Waals surface area contributed by atoms with E-state index in [-0.39, 0.29) is 11.1 Å². The maximum atomic E-state index is 11.8. The molecule has 5 heteroatoms. The summed E-state index contributed by atoms with van der Waals surface area (Å²) in [6.45, 7) is 10.8. The van der Waals surface area contributed by atoms with Crippen LogP contribution in [0.2, 0.25) is 0 Å². The van der Waals surface area contributed by atoms with Gasteiger partial charge in [-0.15, -0.1) is 0 Å². The van der Waals surface area contributed by atoms with Gasteiger partial charge in [0.15, 0.2) is 0 Å². The zero-order valence-electron chi connectivity index (χ0n) is 12.4. The molecule has 0 bridgehead atoms. The molecule has 0 aromatic heterocycles. The maximum Gasteiger partial charge on any atom is 0.281 e. The number of hydrogen-bond acceptors (Lipinski definition) is 3. The van der Waals surface area contributed by atoms with Gasteiger partial charge >= 0.3 is 0 Å². The van der Waals surface area contributed by atoms with E-state index in [1.165, 1.54) is 11.8 Å². The van der Waals surface area contributed by atoms with Crippen LogP contribution in [0.5, 0.6) is 0 Å². The molecule has 1 rings (SSSR count). The van der Waals surface area contributed by atoms with E-state index in [0.717, 1.165) is 18.8 Å². The predicted molar refractivity (Wildman–Crippen MR) is 80.2 cm³/mol. The topological polar surface area (TPSA) is 49.4 Å². The lowest BCUT2D eigenvalue weighted by atomic mass is 9.85. The Morgan fingerprint density at radius 1 is 1.32 bits per heavy atom. The third-order valence-electron chi connectivity index (χ3n) is 3.70. The molecular formula is C14H26N2O2S. The Labute approximate surface area is 120 Å². The van der Waals surface area contributed by atoms with Crippen LogP contribution in [-0.2, 0) is 4.79 Å². The fourth-order valence-corrected chi connectivity index (χ4v) is 3.28. The molecule has 4 nitrogen and oxygen atoms in total. The van der Waals surface area contributed by atoms with E-state index >= 15 is 0 Å². The smallest absolute Gasteiger partial charge is 0.281 e. The lowest BCUT2D eigenvalue weighted by Gasteiger charge is -2.25.